The summed E-state index contributed by atoms with van der Waals surface area (Å²) in [5.74, 6) is 0.691. The van der Waals surface area contributed by atoms with Crippen LogP contribution in [0.3, 0.4) is 0 Å². The Labute approximate surface area is 175 Å². The summed E-state index contributed by atoms with van der Waals surface area (Å²) >= 11 is 0. The molecular weight excluding hydrogens is 374 g/mol. The second-order valence-electron chi connectivity index (χ2n) is 7.08. The Bertz CT molecular complexity index is 1130. The fourth-order valence-corrected chi connectivity index (χ4v) is 3.31. The lowest BCUT2D eigenvalue weighted by atomic mass is 10.1. The number of rotatable bonds is 6. The number of H-pyrrole nitrogens is 1. The van der Waals surface area contributed by atoms with Gasteiger partial charge >= 0.3 is 0 Å². The van der Waals surface area contributed by atoms with Crippen LogP contribution in [0, 0.1) is 0 Å². The second-order valence-corrected chi connectivity index (χ2v) is 7.08. The molecule has 5 nitrogen and oxygen atoms in total. The first kappa shape index (κ1) is 19.5. The third-order valence-corrected chi connectivity index (χ3v) is 5.05. The zero-order chi connectivity index (χ0) is 20.9. The molecule has 1 heterocycles. The Morgan fingerprint density at radius 1 is 0.933 bits per heavy atom. The van der Waals surface area contributed by atoms with E-state index in [1.807, 2.05) is 91.9 Å². The van der Waals surface area contributed by atoms with Gasteiger partial charge in [0.2, 0.25) is 0 Å². The lowest BCUT2D eigenvalue weighted by molar-refractivity contribution is 0.0940. The summed E-state index contributed by atoms with van der Waals surface area (Å²) in [7, 11) is 1.65. The van der Waals surface area contributed by atoms with Crippen LogP contribution in [-0.2, 0) is 0 Å². The zero-order valence-corrected chi connectivity index (χ0v) is 16.9. The highest BCUT2D eigenvalue weighted by atomic mass is 16.5. The molecule has 0 spiro atoms. The monoisotopic (exact) mass is 397 g/mol. The van der Waals surface area contributed by atoms with Crippen molar-refractivity contribution in [1.82, 2.24) is 15.5 Å². The van der Waals surface area contributed by atoms with Gasteiger partial charge in [-0.3, -0.25) is 9.89 Å². The molecular formula is C25H23N3O2. The maximum atomic E-state index is 12.6. The number of carbonyl (C=O) groups is 1. The molecule has 0 saturated carbocycles. The van der Waals surface area contributed by atoms with Gasteiger partial charge in [0.05, 0.1) is 24.5 Å². The van der Waals surface area contributed by atoms with Crippen molar-refractivity contribution in [3.63, 3.8) is 0 Å². The largest absolute Gasteiger partial charge is 0.497 e. The minimum Gasteiger partial charge on any atom is -0.497 e. The van der Waals surface area contributed by atoms with E-state index in [-0.39, 0.29) is 11.9 Å². The van der Waals surface area contributed by atoms with E-state index in [1.165, 1.54) is 0 Å². The van der Waals surface area contributed by atoms with E-state index >= 15 is 0 Å². The SMILES string of the molecule is COc1cccc(-c2cc(-c3ccc(C(=O)N[C@@H](C)c4ccccc4)cc3)[nH]n2)c1. The van der Waals surface area contributed by atoms with Crippen molar-refractivity contribution >= 4 is 5.91 Å². The molecule has 150 valence electrons. The molecule has 0 fully saturated rings. The van der Waals surface area contributed by atoms with Crippen molar-refractivity contribution in [1.29, 1.82) is 0 Å². The smallest absolute Gasteiger partial charge is 0.251 e. The van der Waals surface area contributed by atoms with E-state index in [4.69, 9.17) is 4.74 Å². The predicted molar refractivity (Wildman–Crippen MR) is 118 cm³/mol. The Morgan fingerprint density at radius 3 is 2.43 bits per heavy atom. The highest BCUT2D eigenvalue weighted by molar-refractivity contribution is 5.94. The quantitative estimate of drug-likeness (QED) is 0.467. The van der Waals surface area contributed by atoms with E-state index < -0.39 is 0 Å². The van der Waals surface area contributed by atoms with Crippen LogP contribution in [0.15, 0.2) is 84.9 Å². The van der Waals surface area contributed by atoms with Gasteiger partial charge in [-0.15, -0.1) is 0 Å². The summed E-state index contributed by atoms with van der Waals surface area (Å²) in [4.78, 5) is 12.6. The number of ether oxygens (including phenoxy) is 1. The molecule has 0 aliphatic rings. The number of hydrogen-bond donors (Lipinski definition) is 2. The fraction of sp³-hybridized carbons (Fsp3) is 0.120. The van der Waals surface area contributed by atoms with Crippen molar-refractivity contribution in [2.24, 2.45) is 0 Å². The van der Waals surface area contributed by atoms with Crippen molar-refractivity contribution in [2.75, 3.05) is 7.11 Å². The highest BCUT2D eigenvalue weighted by Gasteiger charge is 2.12. The molecule has 0 aliphatic heterocycles. The van der Waals surface area contributed by atoms with Gasteiger partial charge in [0, 0.05) is 11.1 Å². The summed E-state index contributed by atoms with van der Waals surface area (Å²) in [6.45, 7) is 1.98. The molecule has 30 heavy (non-hydrogen) atoms. The third-order valence-electron chi connectivity index (χ3n) is 5.05. The van der Waals surface area contributed by atoms with E-state index in [9.17, 15) is 4.79 Å². The number of aromatic nitrogens is 2. The van der Waals surface area contributed by atoms with Crippen molar-refractivity contribution in [3.8, 4) is 28.3 Å². The summed E-state index contributed by atoms with van der Waals surface area (Å²) in [6, 6.07) is 27.1. The minimum absolute atomic E-state index is 0.0589. The van der Waals surface area contributed by atoms with Crippen LogP contribution in [0.5, 0.6) is 5.75 Å². The number of carbonyl (C=O) groups excluding carboxylic acids is 1. The molecule has 0 radical (unpaired) electrons. The average Bonchev–Trinajstić information content (AvgIpc) is 3.30. The van der Waals surface area contributed by atoms with Crippen LogP contribution in [0.25, 0.3) is 22.5 Å². The molecule has 0 saturated heterocycles. The zero-order valence-electron chi connectivity index (χ0n) is 16.9. The number of amides is 1. The van der Waals surface area contributed by atoms with Gasteiger partial charge in [0.15, 0.2) is 0 Å². The summed E-state index contributed by atoms with van der Waals surface area (Å²) in [5.41, 5.74) is 5.35. The van der Waals surface area contributed by atoms with Gasteiger partial charge in [0.25, 0.3) is 5.91 Å². The van der Waals surface area contributed by atoms with Crippen LogP contribution in [0.4, 0.5) is 0 Å². The van der Waals surface area contributed by atoms with Crippen molar-refractivity contribution in [3.05, 3.63) is 96.1 Å². The molecule has 0 bridgehead atoms. The summed E-state index contributed by atoms with van der Waals surface area (Å²) in [6.07, 6.45) is 0. The summed E-state index contributed by atoms with van der Waals surface area (Å²) < 4.78 is 5.28. The molecule has 4 rings (SSSR count). The van der Waals surface area contributed by atoms with E-state index in [0.29, 0.717) is 5.56 Å². The van der Waals surface area contributed by atoms with Gasteiger partial charge in [-0.25, -0.2) is 0 Å². The van der Waals surface area contributed by atoms with Crippen LogP contribution in [-0.4, -0.2) is 23.2 Å². The number of aromatic amines is 1. The maximum Gasteiger partial charge on any atom is 0.251 e. The molecule has 4 aromatic rings. The number of methoxy groups -OCH3 is 1. The number of nitrogens with one attached hydrogen (secondary N) is 2. The standard InChI is InChI=1S/C25H23N3O2/c1-17(18-7-4-3-5-8-18)26-25(29)20-13-11-19(12-14-20)23-16-24(28-27-23)21-9-6-10-22(15-21)30-2/h3-17H,1-2H3,(H,26,29)(H,27,28)/t17-/m0/s1. The van der Waals surface area contributed by atoms with Crippen molar-refractivity contribution < 1.29 is 9.53 Å². The van der Waals surface area contributed by atoms with Gasteiger partial charge in [-0.1, -0.05) is 54.6 Å². The number of hydrogen-bond acceptors (Lipinski definition) is 3. The molecule has 5 heteroatoms. The third kappa shape index (κ3) is 4.25. The Morgan fingerprint density at radius 2 is 1.70 bits per heavy atom. The first-order chi connectivity index (χ1) is 14.6. The molecule has 3 aromatic carbocycles. The molecule has 0 unspecified atom stereocenters. The fourth-order valence-electron chi connectivity index (χ4n) is 3.31. The first-order valence-electron chi connectivity index (χ1n) is 9.80. The van der Waals surface area contributed by atoms with E-state index in [2.05, 4.69) is 15.5 Å². The minimum atomic E-state index is -0.0976. The van der Waals surface area contributed by atoms with Crippen LogP contribution in [0.1, 0.15) is 28.9 Å². The number of benzene rings is 3. The van der Waals surface area contributed by atoms with Gasteiger partial charge in [-0.05, 0) is 48.4 Å². The Kier molecular flexibility index (Phi) is 5.61. The Hall–Kier alpha value is -3.86. The number of nitrogens with zero attached hydrogens (tertiary/aromatic N) is 1. The molecule has 1 amide bonds. The van der Waals surface area contributed by atoms with Crippen LogP contribution in [0.2, 0.25) is 0 Å². The van der Waals surface area contributed by atoms with E-state index in [0.717, 1.165) is 33.8 Å². The Balaban J connectivity index is 1.47. The lowest BCUT2D eigenvalue weighted by Crippen LogP contribution is -2.26. The van der Waals surface area contributed by atoms with Crippen LogP contribution >= 0.6 is 0 Å². The molecule has 0 aliphatic carbocycles. The topological polar surface area (TPSA) is 67.0 Å². The lowest BCUT2D eigenvalue weighted by Gasteiger charge is -2.14. The normalized spacial score (nSPS) is 11.7. The van der Waals surface area contributed by atoms with Gasteiger partial charge in [0.1, 0.15) is 5.75 Å². The first-order valence-corrected chi connectivity index (χ1v) is 9.80. The molecule has 2 N–H and O–H groups in total. The van der Waals surface area contributed by atoms with Crippen molar-refractivity contribution in [2.45, 2.75) is 13.0 Å². The predicted octanol–water partition coefficient (Wildman–Crippen LogP) is 5.24. The summed E-state index contributed by atoms with van der Waals surface area (Å²) in [5, 5.41) is 10.5. The molecule has 1 aromatic heterocycles. The average molecular weight is 397 g/mol. The molecule has 1 atom stereocenters. The second kappa shape index (κ2) is 8.66. The van der Waals surface area contributed by atoms with Gasteiger partial charge < -0.3 is 10.1 Å². The highest BCUT2D eigenvalue weighted by Crippen LogP contribution is 2.26. The van der Waals surface area contributed by atoms with Crippen LogP contribution < -0.4 is 10.1 Å². The van der Waals surface area contributed by atoms with Gasteiger partial charge in [-0.2, -0.15) is 5.10 Å². The van der Waals surface area contributed by atoms with E-state index in [1.54, 1.807) is 7.11 Å². The maximum absolute atomic E-state index is 12.6.